The van der Waals surface area contributed by atoms with Crippen LogP contribution in [0.25, 0.3) is 10.2 Å². The van der Waals surface area contributed by atoms with Crippen LogP contribution in [0, 0.1) is 0 Å². The van der Waals surface area contributed by atoms with E-state index in [0.717, 1.165) is 10.2 Å². The number of rotatable bonds is 2. The van der Waals surface area contributed by atoms with E-state index in [0.29, 0.717) is 15.9 Å². The maximum Gasteiger partial charge on any atom is 0.223 e. The lowest BCUT2D eigenvalue weighted by Gasteiger charge is -2.00. The Hall–Kier alpha value is -1.33. The standard InChI is InChI=1S/C10H9ClN2O2S/c1-5(14)12-10-13-7-3-6(11)8(15-2)4-9(7)16-10/h3-4H,1-2H3,(H,12,13,14). The fraction of sp³-hybridized carbons (Fsp3) is 0.200. The van der Waals surface area contributed by atoms with E-state index in [2.05, 4.69) is 10.3 Å². The van der Waals surface area contributed by atoms with Crippen LogP contribution in [0.1, 0.15) is 6.92 Å². The SMILES string of the molecule is COc1cc2sc(NC(C)=O)nc2cc1Cl. The Morgan fingerprint density at radius 2 is 2.31 bits per heavy atom. The van der Waals surface area contributed by atoms with Gasteiger partial charge in [0.15, 0.2) is 5.13 Å². The van der Waals surface area contributed by atoms with Crippen molar-refractivity contribution < 1.29 is 9.53 Å². The van der Waals surface area contributed by atoms with Gasteiger partial charge >= 0.3 is 0 Å². The van der Waals surface area contributed by atoms with Gasteiger partial charge in [-0.05, 0) is 6.07 Å². The lowest BCUT2D eigenvalue weighted by molar-refractivity contribution is -0.114. The molecule has 84 valence electrons. The molecule has 2 aromatic rings. The number of carbonyl (C=O) groups is 1. The van der Waals surface area contributed by atoms with Crippen LogP contribution in [0.3, 0.4) is 0 Å². The number of fused-ring (bicyclic) bond motifs is 1. The van der Waals surface area contributed by atoms with Gasteiger partial charge in [0.05, 0.1) is 22.3 Å². The topological polar surface area (TPSA) is 51.2 Å². The molecule has 0 unspecified atom stereocenters. The molecule has 0 fully saturated rings. The van der Waals surface area contributed by atoms with Gasteiger partial charge in [-0.1, -0.05) is 22.9 Å². The molecular formula is C10H9ClN2O2S. The predicted molar refractivity (Wildman–Crippen MR) is 65.5 cm³/mol. The quantitative estimate of drug-likeness (QED) is 0.899. The number of nitrogens with zero attached hydrogens (tertiary/aromatic N) is 1. The average Bonchev–Trinajstić information content (AvgIpc) is 2.56. The van der Waals surface area contributed by atoms with E-state index in [1.807, 2.05) is 0 Å². The summed E-state index contributed by atoms with van der Waals surface area (Å²) in [6.45, 7) is 1.44. The Morgan fingerprint density at radius 3 is 2.94 bits per heavy atom. The lowest BCUT2D eigenvalue weighted by Crippen LogP contribution is -2.04. The average molecular weight is 257 g/mol. The Balaban J connectivity index is 2.49. The number of nitrogens with one attached hydrogen (secondary N) is 1. The minimum Gasteiger partial charge on any atom is -0.495 e. The first-order chi connectivity index (χ1) is 7.60. The van der Waals surface area contributed by atoms with Crippen LogP contribution in [0.4, 0.5) is 5.13 Å². The second kappa shape index (κ2) is 4.27. The summed E-state index contributed by atoms with van der Waals surface area (Å²) in [6, 6.07) is 3.53. The van der Waals surface area contributed by atoms with E-state index in [9.17, 15) is 4.79 Å². The zero-order valence-corrected chi connectivity index (χ0v) is 10.3. The molecule has 6 heteroatoms. The van der Waals surface area contributed by atoms with Crippen molar-refractivity contribution in [2.24, 2.45) is 0 Å². The molecule has 1 heterocycles. The van der Waals surface area contributed by atoms with Gasteiger partial charge < -0.3 is 10.1 Å². The highest BCUT2D eigenvalue weighted by atomic mass is 35.5. The Kier molecular flexibility index (Phi) is 2.98. The first kappa shape index (κ1) is 11.2. The summed E-state index contributed by atoms with van der Waals surface area (Å²) >= 11 is 7.35. The number of benzene rings is 1. The molecule has 1 aromatic carbocycles. The van der Waals surface area contributed by atoms with Crippen molar-refractivity contribution in [2.75, 3.05) is 12.4 Å². The second-order valence-electron chi connectivity index (χ2n) is 3.15. The molecule has 4 nitrogen and oxygen atoms in total. The van der Waals surface area contributed by atoms with Gasteiger partial charge in [0.25, 0.3) is 0 Å². The van der Waals surface area contributed by atoms with Crippen LogP contribution in [-0.2, 0) is 4.79 Å². The molecule has 2 rings (SSSR count). The monoisotopic (exact) mass is 256 g/mol. The van der Waals surface area contributed by atoms with Crippen LogP contribution < -0.4 is 10.1 Å². The van der Waals surface area contributed by atoms with Gasteiger partial charge in [-0.2, -0.15) is 0 Å². The summed E-state index contributed by atoms with van der Waals surface area (Å²) in [5.74, 6) is 0.462. The van der Waals surface area contributed by atoms with Crippen molar-refractivity contribution in [1.29, 1.82) is 0 Å². The lowest BCUT2D eigenvalue weighted by atomic mass is 10.3. The summed E-state index contributed by atoms with van der Waals surface area (Å²) < 4.78 is 6.02. The molecule has 1 amide bonds. The Bertz CT molecular complexity index is 553. The van der Waals surface area contributed by atoms with E-state index in [1.165, 1.54) is 18.3 Å². The van der Waals surface area contributed by atoms with Gasteiger partial charge in [0, 0.05) is 13.0 Å². The largest absolute Gasteiger partial charge is 0.495 e. The summed E-state index contributed by atoms with van der Waals surface area (Å²) in [5, 5.41) is 3.71. The summed E-state index contributed by atoms with van der Waals surface area (Å²) in [6.07, 6.45) is 0. The van der Waals surface area contributed by atoms with E-state index in [-0.39, 0.29) is 5.91 Å². The molecule has 0 spiro atoms. The fourth-order valence-corrected chi connectivity index (χ4v) is 2.45. The molecule has 1 N–H and O–H groups in total. The number of methoxy groups -OCH3 is 1. The fourth-order valence-electron chi connectivity index (χ4n) is 1.29. The number of halogens is 1. The van der Waals surface area contributed by atoms with Crippen LogP contribution in [0.15, 0.2) is 12.1 Å². The molecule has 0 radical (unpaired) electrons. The summed E-state index contributed by atoms with van der Waals surface area (Å²) in [4.78, 5) is 15.1. The normalized spacial score (nSPS) is 10.4. The predicted octanol–water partition coefficient (Wildman–Crippen LogP) is 2.92. The molecule has 16 heavy (non-hydrogen) atoms. The van der Waals surface area contributed by atoms with Crippen molar-refractivity contribution >= 4 is 44.2 Å². The minimum atomic E-state index is -0.142. The maximum absolute atomic E-state index is 10.9. The molecule has 0 saturated carbocycles. The number of ether oxygens (including phenoxy) is 1. The van der Waals surface area contributed by atoms with Crippen molar-refractivity contribution in [3.63, 3.8) is 0 Å². The number of carbonyl (C=O) groups excluding carboxylic acids is 1. The van der Waals surface area contributed by atoms with E-state index < -0.39 is 0 Å². The van der Waals surface area contributed by atoms with Gasteiger partial charge in [0.1, 0.15) is 5.75 Å². The van der Waals surface area contributed by atoms with Crippen molar-refractivity contribution in [1.82, 2.24) is 4.98 Å². The highest BCUT2D eigenvalue weighted by Gasteiger charge is 2.09. The third-order valence-electron chi connectivity index (χ3n) is 1.94. The van der Waals surface area contributed by atoms with Gasteiger partial charge in [0.2, 0.25) is 5.91 Å². The number of amides is 1. The molecule has 0 bridgehead atoms. The molecular weight excluding hydrogens is 248 g/mol. The van der Waals surface area contributed by atoms with Gasteiger partial charge in [-0.3, -0.25) is 4.79 Å². The summed E-state index contributed by atoms with van der Waals surface area (Å²) in [5.41, 5.74) is 0.750. The van der Waals surface area contributed by atoms with Crippen LogP contribution in [0.2, 0.25) is 5.02 Å². The number of hydrogen-bond acceptors (Lipinski definition) is 4. The first-order valence-corrected chi connectivity index (χ1v) is 5.71. The smallest absolute Gasteiger partial charge is 0.223 e. The Labute approximate surface area is 101 Å². The van der Waals surface area contributed by atoms with Gasteiger partial charge in [-0.15, -0.1) is 0 Å². The van der Waals surface area contributed by atoms with Crippen molar-refractivity contribution in [3.05, 3.63) is 17.2 Å². The number of aromatic nitrogens is 1. The van der Waals surface area contributed by atoms with Crippen molar-refractivity contribution in [3.8, 4) is 5.75 Å². The zero-order valence-electron chi connectivity index (χ0n) is 8.70. The Morgan fingerprint density at radius 1 is 1.56 bits per heavy atom. The zero-order chi connectivity index (χ0) is 11.7. The molecule has 0 atom stereocenters. The van der Waals surface area contributed by atoms with E-state index >= 15 is 0 Å². The van der Waals surface area contributed by atoms with Gasteiger partial charge in [-0.25, -0.2) is 4.98 Å². The van der Waals surface area contributed by atoms with Crippen LogP contribution in [-0.4, -0.2) is 18.0 Å². The number of thiazole rings is 1. The molecule has 0 saturated heterocycles. The number of hydrogen-bond donors (Lipinski definition) is 1. The highest BCUT2D eigenvalue weighted by Crippen LogP contribution is 2.34. The summed E-state index contributed by atoms with van der Waals surface area (Å²) in [7, 11) is 1.56. The molecule has 0 aliphatic heterocycles. The van der Waals surface area contributed by atoms with Crippen molar-refractivity contribution in [2.45, 2.75) is 6.92 Å². The molecule has 0 aliphatic rings. The highest BCUT2D eigenvalue weighted by molar-refractivity contribution is 7.22. The third-order valence-corrected chi connectivity index (χ3v) is 3.17. The maximum atomic E-state index is 10.9. The minimum absolute atomic E-state index is 0.142. The van der Waals surface area contributed by atoms with Crippen LogP contribution in [0.5, 0.6) is 5.75 Å². The third kappa shape index (κ3) is 2.10. The second-order valence-corrected chi connectivity index (χ2v) is 4.59. The number of anilines is 1. The molecule has 0 aliphatic carbocycles. The van der Waals surface area contributed by atoms with E-state index in [1.54, 1.807) is 19.2 Å². The van der Waals surface area contributed by atoms with Crippen LogP contribution >= 0.6 is 22.9 Å². The van der Waals surface area contributed by atoms with E-state index in [4.69, 9.17) is 16.3 Å². The first-order valence-electron chi connectivity index (χ1n) is 4.52. The molecule has 1 aromatic heterocycles.